The number of carbonyl (C=O) groups is 1. The first-order chi connectivity index (χ1) is 18.9. The molecular weight excluding hydrogens is 574 g/mol. The molecule has 12 heteroatoms. The Hall–Kier alpha value is -3.12. The summed E-state index contributed by atoms with van der Waals surface area (Å²) in [7, 11) is -6.56. The second-order valence-electron chi connectivity index (χ2n) is 9.58. The fourth-order valence-corrected chi connectivity index (χ4v) is 7.71. The van der Waals surface area contributed by atoms with Crippen LogP contribution in [0.25, 0.3) is 0 Å². The van der Waals surface area contributed by atoms with E-state index in [0.717, 1.165) is 29.1 Å². The third-order valence-electron chi connectivity index (χ3n) is 6.80. The van der Waals surface area contributed by atoms with Gasteiger partial charge in [0.25, 0.3) is 10.0 Å². The number of nitrogens with one attached hydrogen (secondary N) is 1. The van der Waals surface area contributed by atoms with Gasteiger partial charge in [-0.1, -0.05) is 41.8 Å². The van der Waals surface area contributed by atoms with E-state index in [1.165, 1.54) is 41.7 Å². The summed E-state index contributed by atoms with van der Waals surface area (Å²) >= 11 is 6.31. The zero-order chi connectivity index (χ0) is 29.1. The van der Waals surface area contributed by atoms with Crippen molar-refractivity contribution in [2.24, 2.45) is 0 Å². The molecule has 1 fully saturated rings. The Morgan fingerprint density at radius 3 is 2.25 bits per heavy atom. The van der Waals surface area contributed by atoms with Crippen molar-refractivity contribution in [3.63, 3.8) is 0 Å². The van der Waals surface area contributed by atoms with Crippen molar-refractivity contribution in [2.75, 3.05) is 36.4 Å². The lowest BCUT2D eigenvalue weighted by molar-refractivity contribution is -0.114. The molecule has 214 valence electrons. The fourth-order valence-electron chi connectivity index (χ4n) is 4.52. The summed E-state index contributed by atoms with van der Waals surface area (Å²) < 4.78 is 61.8. The summed E-state index contributed by atoms with van der Waals surface area (Å²) in [5.41, 5.74) is 1.73. The molecular formula is C28H32ClN3O6S2. The monoisotopic (exact) mass is 605 g/mol. The molecule has 1 aliphatic heterocycles. The minimum atomic E-state index is -4.18. The van der Waals surface area contributed by atoms with Crippen molar-refractivity contribution in [1.82, 2.24) is 4.31 Å². The number of methoxy groups -OCH3 is 1. The van der Waals surface area contributed by atoms with Crippen LogP contribution in [0.3, 0.4) is 0 Å². The first-order valence-electron chi connectivity index (χ1n) is 12.8. The van der Waals surface area contributed by atoms with Crippen LogP contribution in [0, 0.1) is 13.8 Å². The van der Waals surface area contributed by atoms with Crippen LogP contribution in [0.1, 0.15) is 30.4 Å². The Balaban J connectivity index is 1.68. The van der Waals surface area contributed by atoms with Crippen LogP contribution in [0.2, 0.25) is 5.02 Å². The summed E-state index contributed by atoms with van der Waals surface area (Å²) in [4.78, 5) is 13.4. The molecule has 3 aromatic carbocycles. The Labute approximate surface area is 240 Å². The highest BCUT2D eigenvalue weighted by molar-refractivity contribution is 7.92. The minimum Gasteiger partial charge on any atom is -0.495 e. The topological polar surface area (TPSA) is 113 Å². The number of carbonyl (C=O) groups excluding carboxylic acids is 1. The highest BCUT2D eigenvalue weighted by atomic mass is 35.5. The zero-order valence-corrected chi connectivity index (χ0v) is 24.9. The molecule has 0 atom stereocenters. The third-order valence-corrected chi connectivity index (χ3v) is 10.9. The lowest BCUT2D eigenvalue weighted by Crippen LogP contribution is -2.38. The van der Waals surface area contributed by atoms with Crippen LogP contribution in [-0.2, 0) is 24.8 Å². The molecule has 1 amide bonds. The number of hydrogen-bond donors (Lipinski definition) is 1. The Morgan fingerprint density at radius 2 is 1.60 bits per heavy atom. The van der Waals surface area contributed by atoms with Gasteiger partial charge in [0.2, 0.25) is 15.9 Å². The standard InChI is InChI=1S/C28H32ClN3O6S2/c1-20-10-12-22(13-11-20)40(36,37)32(26-9-7-8-24(29)21(26)2)19-28(33)30-25-18-23(14-15-27(25)38-3)39(34,35)31-16-5-4-6-17-31/h7-15,18H,4-6,16-17,19H2,1-3H3,(H,30,33). The third kappa shape index (κ3) is 6.27. The predicted molar refractivity (Wildman–Crippen MR) is 156 cm³/mol. The van der Waals surface area contributed by atoms with Gasteiger partial charge in [0.15, 0.2) is 0 Å². The number of sulfonamides is 2. The van der Waals surface area contributed by atoms with E-state index in [1.54, 1.807) is 37.3 Å². The summed E-state index contributed by atoms with van der Waals surface area (Å²) in [5.74, 6) is -0.460. The number of halogens is 1. The molecule has 3 aromatic rings. The van der Waals surface area contributed by atoms with Gasteiger partial charge in [-0.25, -0.2) is 16.8 Å². The number of ether oxygens (including phenoxy) is 1. The Morgan fingerprint density at radius 1 is 0.950 bits per heavy atom. The second kappa shape index (κ2) is 12.2. The average Bonchev–Trinajstić information content (AvgIpc) is 2.94. The highest BCUT2D eigenvalue weighted by Gasteiger charge is 2.30. The highest BCUT2D eigenvalue weighted by Crippen LogP contribution is 2.33. The van der Waals surface area contributed by atoms with Gasteiger partial charge in [-0.15, -0.1) is 0 Å². The smallest absolute Gasteiger partial charge is 0.264 e. The lowest BCUT2D eigenvalue weighted by Gasteiger charge is -2.27. The molecule has 0 unspecified atom stereocenters. The fraction of sp³-hybridized carbons (Fsp3) is 0.321. The quantitative estimate of drug-likeness (QED) is 0.368. The van der Waals surface area contributed by atoms with E-state index in [4.69, 9.17) is 16.3 Å². The second-order valence-corrected chi connectivity index (χ2v) is 13.8. The van der Waals surface area contributed by atoms with Crippen LogP contribution in [-0.4, -0.2) is 53.8 Å². The van der Waals surface area contributed by atoms with Crippen molar-refractivity contribution in [1.29, 1.82) is 0 Å². The maximum atomic E-state index is 13.8. The first-order valence-corrected chi connectivity index (χ1v) is 16.0. The van der Waals surface area contributed by atoms with Gasteiger partial charge in [0.1, 0.15) is 12.3 Å². The van der Waals surface area contributed by atoms with Gasteiger partial charge in [-0.2, -0.15) is 4.31 Å². The number of rotatable bonds is 9. The van der Waals surface area contributed by atoms with Crippen LogP contribution in [0.4, 0.5) is 11.4 Å². The van der Waals surface area contributed by atoms with Crippen LogP contribution < -0.4 is 14.4 Å². The van der Waals surface area contributed by atoms with E-state index in [1.807, 2.05) is 6.92 Å². The minimum absolute atomic E-state index is 0.0116. The number of benzene rings is 3. The number of aryl methyl sites for hydroxylation is 1. The molecule has 1 aliphatic rings. The van der Waals surface area contributed by atoms with E-state index in [-0.39, 0.29) is 26.9 Å². The maximum Gasteiger partial charge on any atom is 0.264 e. The maximum absolute atomic E-state index is 13.8. The summed E-state index contributed by atoms with van der Waals surface area (Å²) in [6, 6.07) is 15.4. The summed E-state index contributed by atoms with van der Waals surface area (Å²) in [6.45, 7) is 3.78. The Bertz CT molecular complexity index is 1600. The molecule has 0 radical (unpaired) electrons. The molecule has 9 nitrogen and oxygen atoms in total. The van der Waals surface area contributed by atoms with E-state index in [2.05, 4.69) is 5.32 Å². The van der Waals surface area contributed by atoms with Gasteiger partial charge in [-0.3, -0.25) is 9.10 Å². The predicted octanol–water partition coefficient (Wildman–Crippen LogP) is 4.97. The van der Waals surface area contributed by atoms with Gasteiger partial charge >= 0.3 is 0 Å². The number of nitrogens with zero attached hydrogens (tertiary/aromatic N) is 2. The normalized spacial score (nSPS) is 14.5. The van der Waals surface area contributed by atoms with Crippen LogP contribution >= 0.6 is 11.6 Å². The number of hydrogen-bond acceptors (Lipinski definition) is 6. The van der Waals surface area contributed by atoms with Gasteiger partial charge in [0, 0.05) is 18.1 Å². The van der Waals surface area contributed by atoms with Crippen molar-refractivity contribution in [2.45, 2.75) is 42.9 Å². The lowest BCUT2D eigenvalue weighted by atomic mass is 10.2. The van der Waals surface area contributed by atoms with Crippen molar-refractivity contribution < 1.29 is 26.4 Å². The molecule has 0 saturated carbocycles. The molecule has 1 heterocycles. The molecule has 0 aromatic heterocycles. The number of anilines is 2. The number of piperidine rings is 1. The van der Waals surface area contributed by atoms with Crippen LogP contribution in [0.15, 0.2) is 70.5 Å². The Kier molecular flexibility index (Phi) is 9.09. The molecule has 1 saturated heterocycles. The molecule has 0 bridgehead atoms. The van der Waals surface area contributed by atoms with E-state index >= 15 is 0 Å². The largest absolute Gasteiger partial charge is 0.495 e. The summed E-state index contributed by atoms with van der Waals surface area (Å²) in [6.07, 6.45) is 2.55. The van der Waals surface area contributed by atoms with Crippen LogP contribution in [0.5, 0.6) is 5.75 Å². The van der Waals surface area contributed by atoms with Crippen molar-refractivity contribution >= 4 is 48.9 Å². The molecule has 1 N–H and O–H groups in total. The van der Waals surface area contributed by atoms with Gasteiger partial charge in [0.05, 0.1) is 28.3 Å². The molecule has 0 spiro atoms. The van der Waals surface area contributed by atoms with E-state index in [0.29, 0.717) is 23.7 Å². The first kappa shape index (κ1) is 29.9. The van der Waals surface area contributed by atoms with E-state index in [9.17, 15) is 21.6 Å². The molecule has 0 aliphatic carbocycles. The van der Waals surface area contributed by atoms with Gasteiger partial charge in [-0.05, 0) is 74.7 Å². The van der Waals surface area contributed by atoms with Crippen molar-refractivity contribution in [3.05, 3.63) is 76.8 Å². The van der Waals surface area contributed by atoms with Crippen molar-refractivity contribution in [3.8, 4) is 5.75 Å². The zero-order valence-electron chi connectivity index (χ0n) is 22.6. The van der Waals surface area contributed by atoms with E-state index < -0.39 is 32.5 Å². The molecule has 4 rings (SSSR count). The summed E-state index contributed by atoms with van der Waals surface area (Å²) in [5, 5.41) is 3.00. The van der Waals surface area contributed by atoms with Gasteiger partial charge < -0.3 is 10.1 Å². The molecule has 40 heavy (non-hydrogen) atoms. The average molecular weight is 606 g/mol. The SMILES string of the molecule is COc1ccc(S(=O)(=O)N2CCCCC2)cc1NC(=O)CN(c1cccc(Cl)c1C)S(=O)(=O)c1ccc(C)cc1. The number of amides is 1.